The van der Waals surface area contributed by atoms with Gasteiger partial charge in [-0.05, 0) is 56.5 Å². The normalized spacial score (nSPS) is 18.3. The van der Waals surface area contributed by atoms with Crippen LogP contribution in [0, 0.1) is 0 Å². The van der Waals surface area contributed by atoms with Gasteiger partial charge < -0.3 is 15.4 Å². The zero-order valence-corrected chi connectivity index (χ0v) is 13.3. The molecule has 2 rings (SSSR count). The third kappa shape index (κ3) is 5.58. The van der Waals surface area contributed by atoms with Crippen LogP contribution in [0.4, 0.5) is 13.2 Å². The van der Waals surface area contributed by atoms with Crippen molar-refractivity contribution in [2.75, 3.05) is 13.1 Å². The van der Waals surface area contributed by atoms with Gasteiger partial charge in [0.25, 0.3) is 5.91 Å². The first kappa shape index (κ1) is 19.6. The lowest BCUT2D eigenvalue weighted by atomic mass is 9.98. The molecule has 1 unspecified atom stereocenters. The van der Waals surface area contributed by atoms with Crippen molar-refractivity contribution in [2.45, 2.75) is 38.1 Å². The van der Waals surface area contributed by atoms with E-state index in [-0.39, 0.29) is 30.1 Å². The molecule has 8 heteroatoms. The van der Waals surface area contributed by atoms with Crippen LogP contribution in [0.1, 0.15) is 36.0 Å². The lowest BCUT2D eigenvalue weighted by Crippen LogP contribution is -2.44. The number of alkyl halides is 3. The first-order valence-electron chi connectivity index (χ1n) is 7.27. The van der Waals surface area contributed by atoms with Crippen LogP contribution in [0.25, 0.3) is 0 Å². The number of carbonyl (C=O) groups excluding carboxylic acids is 1. The summed E-state index contributed by atoms with van der Waals surface area (Å²) >= 11 is 0. The van der Waals surface area contributed by atoms with Crippen molar-refractivity contribution in [3.63, 3.8) is 0 Å². The van der Waals surface area contributed by atoms with E-state index in [1.54, 1.807) is 4.90 Å². The Morgan fingerprint density at radius 3 is 2.48 bits per heavy atom. The van der Waals surface area contributed by atoms with E-state index in [1.807, 2.05) is 0 Å². The van der Waals surface area contributed by atoms with Crippen molar-refractivity contribution in [3.8, 4) is 5.75 Å². The predicted molar refractivity (Wildman–Crippen MR) is 82.7 cm³/mol. The van der Waals surface area contributed by atoms with Crippen LogP contribution in [0.2, 0.25) is 0 Å². The Morgan fingerprint density at radius 1 is 1.26 bits per heavy atom. The zero-order valence-electron chi connectivity index (χ0n) is 12.5. The van der Waals surface area contributed by atoms with Crippen LogP contribution < -0.4 is 10.5 Å². The summed E-state index contributed by atoms with van der Waals surface area (Å²) in [5, 5.41) is 0. The number of likely N-dealkylation sites (tertiary alicyclic amines) is 1. The maximum absolute atomic E-state index is 12.5. The summed E-state index contributed by atoms with van der Waals surface area (Å²) in [5.74, 6) is -0.502. The molecule has 23 heavy (non-hydrogen) atoms. The smallest absolute Gasteiger partial charge is 0.406 e. The fraction of sp³-hybridized carbons (Fsp3) is 0.533. The van der Waals surface area contributed by atoms with E-state index in [0.717, 1.165) is 37.8 Å². The van der Waals surface area contributed by atoms with Crippen molar-refractivity contribution < 1.29 is 22.7 Å². The van der Waals surface area contributed by atoms with Crippen LogP contribution in [0.15, 0.2) is 24.3 Å². The molecule has 0 aliphatic carbocycles. The molecule has 4 nitrogen and oxygen atoms in total. The third-order valence-electron chi connectivity index (χ3n) is 3.72. The summed E-state index contributed by atoms with van der Waals surface area (Å²) in [4.78, 5) is 14.3. The summed E-state index contributed by atoms with van der Waals surface area (Å²) in [5.41, 5.74) is 5.94. The molecular formula is C15H20ClF3N2O2. The van der Waals surface area contributed by atoms with Gasteiger partial charge in [0, 0.05) is 18.2 Å². The lowest BCUT2D eigenvalue weighted by Gasteiger charge is -2.35. The maximum atomic E-state index is 12.5. The van der Waals surface area contributed by atoms with E-state index in [1.165, 1.54) is 12.1 Å². The van der Waals surface area contributed by atoms with E-state index in [4.69, 9.17) is 5.73 Å². The number of nitrogens with zero attached hydrogens (tertiary/aromatic N) is 1. The molecule has 0 spiro atoms. The van der Waals surface area contributed by atoms with Gasteiger partial charge >= 0.3 is 6.36 Å². The second kappa shape index (κ2) is 8.40. The number of ether oxygens (including phenoxy) is 1. The average molecular weight is 353 g/mol. The summed E-state index contributed by atoms with van der Waals surface area (Å²) in [6, 6.07) is 5.14. The minimum atomic E-state index is -4.73. The number of rotatable bonds is 4. The molecule has 2 N–H and O–H groups in total. The molecule has 1 atom stereocenters. The van der Waals surface area contributed by atoms with E-state index in [2.05, 4.69) is 4.74 Å². The highest BCUT2D eigenvalue weighted by Gasteiger charge is 2.31. The number of hydrogen-bond donors (Lipinski definition) is 1. The molecule has 1 saturated heterocycles. The molecule has 1 aliphatic heterocycles. The average Bonchev–Trinajstić information content (AvgIpc) is 2.47. The molecule has 1 amide bonds. The van der Waals surface area contributed by atoms with Crippen LogP contribution >= 0.6 is 12.4 Å². The van der Waals surface area contributed by atoms with Gasteiger partial charge in [-0.15, -0.1) is 25.6 Å². The zero-order chi connectivity index (χ0) is 16.2. The minimum Gasteiger partial charge on any atom is -0.406 e. The number of nitrogens with two attached hydrogens (primary N) is 1. The highest BCUT2D eigenvalue weighted by Crippen LogP contribution is 2.25. The lowest BCUT2D eigenvalue weighted by molar-refractivity contribution is -0.274. The fourth-order valence-electron chi connectivity index (χ4n) is 2.73. The van der Waals surface area contributed by atoms with Gasteiger partial charge in [-0.2, -0.15) is 0 Å². The van der Waals surface area contributed by atoms with Crippen molar-refractivity contribution in [3.05, 3.63) is 29.8 Å². The van der Waals surface area contributed by atoms with Crippen LogP contribution in [-0.4, -0.2) is 36.3 Å². The second-order valence-corrected chi connectivity index (χ2v) is 5.30. The van der Waals surface area contributed by atoms with Gasteiger partial charge in [0.1, 0.15) is 5.75 Å². The number of carbonyl (C=O) groups is 1. The van der Waals surface area contributed by atoms with Crippen molar-refractivity contribution in [1.29, 1.82) is 0 Å². The highest BCUT2D eigenvalue weighted by atomic mass is 35.5. The predicted octanol–water partition coefficient (Wildman–Crippen LogP) is 3.35. The first-order chi connectivity index (χ1) is 10.4. The van der Waals surface area contributed by atoms with Crippen molar-refractivity contribution in [1.82, 2.24) is 4.90 Å². The van der Waals surface area contributed by atoms with E-state index < -0.39 is 6.36 Å². The summed E-state index contributed by atoms with van der Waals surface area (Å²) in [6.07, 6.45) is -1.08. The minimum absolute atomic E-state index is 0. The van der Waals surface area contributed by atoms with Gasteiger partial charge in [0.05, 0.1) is 0 Å². The molecule has 1 aromatic carbocycles. The van der Waals surface area contributed by atoms with E-state index >= 15 is 0 Å². The summed E-state index contributed by atoms with van der Waals surface area (Å²) < 4.78 is 40.2. The Hall–Kier alpha value is -1.47. The van der Waals surface area contributed by atoms with Crippen molar-refractivity contribution >= 4 is 18.3 Å². The Morgan fingerprint density at radius 2 is 1.91 bits per heavy atom. The standard InChI is InChI=1S/C15H19F3N2O2.ClH/c16-15(17,18)22-13-6-4-11(5-7-13)14(21)20-10-2-1-3-12(20)8-9-19;/h4-7,12H,1-3,8-10,19H2;1H. The maximum Gasteiger partial charge on any atom is 0.573 e. The molecule has 1 fully saturated rings. The molecule has 1 heterocycles. The van der Waals surface area contributed by atoms with Gasteiger partial charge in [-0.1, -0.05) is 0 Å². The number of benzene rings is 1. The Kier molecular flexibility index (Phi) is 7.15. The quantitative estimate of drug-likeness (QED) is 0.904. The molecular weight excluding hydrogens is 333 g/mol. The number of amides is 1. The molecule has 1 aliphatic rings. The van der Waals surface area contributed by atoms with Gasteiger partial charge in [-0.25, -0.2) is 0 Å². The SMILES string of the molecule is Cl.NCCC1CCCCN1C(=O)c1ccc(OC(F)(F)F)cc1. The van der Waals surface area contributed by atoms with Crippen LogP contribution in [0.3, 0.4) is 0 Å². The van der Waals surface area contributed by atoms with Crippen LogP contribution in [-0.2, 0) is 0 Å². The monoisotopic (exact) mass is 352 g/mol. The number of hydrogen-bond acceptors (Lipinski definition) is 3. The Bertz CT molecular complexity index is 506. The highest BCUT2D eigenvalue weighted by molar-refractivity contribution is 5.94. The van der Waals surface area contributed by atoms with Crippen molar-refractivity contribution in [2.24, 2.45) is 5.73 Å². The first-order valence-corrected chi connectivity index (χ1v) is 7.27. The largest absolute Gasteiger partial charge is 0.573 e. The molecule has 1 aromatic rings. The summed E-state index contributed by atoms with van der Waals surface area (Å²) in [7, 11) is 0. The number of piperidine rings is 1. The Balaban J connectivity index is 0.00000264. The molecule has 0 saturated carbocycles. The topological polar surface area (TPSA) is 55.6 Å². The Labute approximate surface area is 139 Å². The third-order valence-corrected chi connectivity index (χ3v) is 3.72. The molecule has 0 bridgehead atoms. The molecule has 0 aromatic heterocycles. The molecule has 130 valence electrons. The van der Waals surface area contributed by atoms with Gasteiger partial charge in [0.2, 0.25) is 0 Å². The number of halogens is 4. The van der Waals surface area contributed by atoms with Crippen LogP contribution in [0.5, 0.6) is 5.75 Å². The van der Waals surface area contributed by atoms with E-state index in [0.29, 0.717) is 18.7 Å². The van der Waals surface area contributed by atoms with Gasteiger partial charge in [0.15, 0.2) is 0 Å². The van der Waals surface area contributed by atoms with Gasteiger partial charge in [-0.3, -0.25) is 4.79 Å². The molecule has 0 radical (unpaired) electrons. The fourth-order valence-corrected chi connectivity index (χ4v) is 2.73. The van der Waals surface area contributed by atoms with E-state index in [9.17, 15) is 18.0 Å². The second-order valence-electron chi connectivity index (χ2n) is 5.30. The summed E-state index contributed by atoms with van der Waals surface area (Å²) in [6.45, 7) is 1.16.